The van der Waals surface area contributed by atoms with Crippen LogP contribution < -0.4 is 0 Å². The number of aromatic nitrogens is 3. The van der Waals surface area contributed by atoms with Gasteiger partial charge in [0, 0.05) is 5.56 Å². The minimum Gasteiger partial charge on any atom is -0.478 e. The van der Waals surface area contributed by atoms with Crippen molar-refractivity contribution in [1.82, 2.24) is 14.8 Å². The van der Waals surface area contributed by atoms with Crippen LogP contribution >= 0.6 is 0 Å². The van der Waals surface area contributed by atoms with Crippen molar-refractivity contribution >= 4 is 17.0 Å². The first-order valence-corrected chi connectivity index (χ1v) is 8.72. The molecule has 2 aromatic carbocycles. The van der Waals surface area contributed by atoms with Crippen molar-refractivity contribution in [2.45, 2.75) is 20.8 Å². The van der Waals surface area contributed by atoms with E-state index in [1.165, 1.54) is 0 Å². The number of hydrogen-bond donors (Lipinski definition) is 1. The Morgan fingerprint density at radius 1 is 0.963 bits per heavy atom. The molecule has 0 saturated carbocycles. The van der Waals surface area contributed by atoms with Gasteiger partial charge in [0.2, 0.25) is 0 Å². The third-order valence-electron chi connectivity index (χ3n) is 4.64. The molecule has 4 rings (SSSR count). The SMILES string of the molecule is Cc1ccc(-c2cc(C(=O)O)c3c(C)nn(-c4cccc(C)c4)c3n2)cc1. The smallest absolute Gasteiger partial charge is 0.336 e. The van der Waals surface area contributed by atoms with Crippen LogP contribution in [-0.2, 0) is 0 Å². The summed E-state index contributed by atoms with van der Waals surface area (Å²) in [4.78, 5) is 16.7. The molecule has 134 valence electrons. The molecule has 0 unspecified atom stereocenters. The molecule has 5 nitrogen and oxygen atoms in total. The average molecular weight is 357 g/mol. The van der Waals surface area contributed by atoms with Crippen LogP contribution in [0.1, 0.15) is 27.2 Å². The number of aryl methyl sites for hydroxylation is 3. The Balaban J connectivity index is 2.04. The molecule has 0 aliphatic heterocycles. The van der Waals surface area contributed by atoms with Gasteiger partial charge in [0.05, 0.1) is 28.0 Å². The van der Waals surface area contributed by atoms with Gasteiger partial charge in [0.1, 0.15) is 0 Å². The van der Waals surface area contributed by atoms with E-state index in [1.807, 2.05) is 69.3 Å². The van der Waals surface area contributed by atoms with E-state index in [4.69, 9.17) is 4.98 Å². The van der Waals surface area contributed by atoms with Crippen LogP contribution in [0, 0.1) is 20.8 Å². The monoisotopic (exact) mass is 357 g/mol. The average Bonchev–Trinajstić information content (AvgIpc) is 2.98. The molecule has 0 aliphatic carbocycles. The maximum atomic E-state index is 11.9. The van der Waals surface area contributed by atoms with Crippen molar-refractivity contribution in [2.75, 3.05) is 0 Å². The number of hydrogen-bond acceptors (Lipinski definition) is 3. The van der Waals surface area contributed by atoms with Gasteiger partial charge in [-0.2, -0.15) is 5.10 Å². The molecule has 0 spiro atoms. The molecular formula is C22H19N3O2. The molecule has 0 atom stereocenters. The summed E-state index contributed by atoms with van der Waals surface area (Å²) in [7, 11) is 0. The first-order valence-electron chi connectivity index (χ1n) is 8.72. The van der Waals surface area contributed by atoms with Crippen LogP contribution in [-0.4, -0.2) is 25.8 Å². The highest BCUT2D eigenvalue weighted by Crippen LogP contribution is 2.29. The summed E-state index contributed by atoms with van der Waals surface area (Å²) in [5.41, 5.74) is 6.00. The van der Waals surface area contributed by atoms with E-state index in [0.717, 1.165) is 22.4 Å². The van der Waals surface area contributed by atoms with Gasteiger partial charge in [-0.1, -0.05) is 42.0 Å². The number of fused-ring (bicyclic) bond motifs is 1. The summed E-state index contributed by atoms with van der Waals surface area (Å²) < 4.78 is 1.72. The number of rotatable bonds is 3. The van der Waals surface area contributed by atoms with E-state index in [9.17, 15) is 9.90 Å². The summed E-state index contributed by atoms with van der Waals surface area (Å²) in [5.74, 6) is -0.984. The molecule has 0 radical (unpaired) electrons. The first kappa shape index (κ1) is 17.0. The third kappa shape index (κ3) is 2.97. The van der Waals surface area contributed by atoms with E-state index < -0.39 is 5.97 Å². The minimum atomic E-state index is -0.984. The largest absolute Gasteiger partial charge is 0.478 e. The zero-order chi connectivity index (χ0) is 19.1. The Morgan fingerprint density at radius 3 is 2.37 bits per heavy atom. The van der Waals surface area contributed by atoms with Crippen molar-refractivity contribution < 1.29 is 9.90 Å². The van der Waals surface area contributed by atoms with Gasteiger partial charge in [-0.05, 0) is 44.5 Å². The van der Waals surface area contributed by atoms with Gasteiger partial charge in [-0.15, -0.1) is 0 Å². The Labute approximate surface area is 156 Å². The van der Waals surface area contributed by atoms with E-state index in [2.05, 4.69) is 5.10 Å². The molecule has 2 heterocycles. The lowest BCUT2D eigenvalue weighted by Gasteiger charge is -2.08. The standard InChI is InChI=1S/C22H19N3O2/c1-13-7-9-16(10-8-13)19-12-18(22(26)27)20-15(3)24-25(21(20)23-19)17-6-4-5-14(2)11-17/h4-12H,1-3H3,(H,26,27). The van der Waals surface area contributed by atoms with Crippen molar-refractivity contribution in [1.29, 1.82) is 0 Å². The van der Waals surface area contributed by atoms with Crippen LogP contribution in [0.2, 0.25) is 0 Å². The summed E-state index contributed by atoms with van der Waals surface area (Å²) >= 11 is 0. The van der Waals surface area contributed by atoms with Gasteiger partial charge in [-0.3, -0.25) is 0 Å². The van der Waals surface area contributed by atoms with Gasteiger partial charge >= 0.3 is 5.97 Å². The highest BCUT2D eigenvalue weighted by atomic mass is 16.4. The summed E-state index contributed by atoms with van der Waals surface area (Å²) in [6.07, 6.45) is 0. The Bertz CT molecular complexity index is 1170. The van der Waals surface area contributed by atoms with Gasteiger partial charge in [-0.25, -0.2) is 14.5 Å². The van der Waals surface area contributed by atoms with Gasteiger partial charge in [0.25, 0.3) is 0 Å². The topological polar surface area (TPSA) is 68.0 Å². The molecule has 0 fully saturated rings. The lowest BCUT2D eigenvalue weighted by Crippen LogP contribution is -2.02. The van der Waals surface area contributed by atoms with Crippen molar-refractivity contribution in [3.8, 4) is 16.9 Å². The number of carboxylic acid groups (broad SMARTS) is 1. The van der Waals surface area contributed by atoms with Crippen molar-refractivity contribution in [2.24, 2.45) is 0 Å². The summed E-state index contributed by atoms with van der Waals surface area (Å²) in [6.45, 7) is 5.84. The second-order valence-electron chi connectivity index (χ2n) is 6.76. The highest BCUT2D eigenvalue weighted by Gasteiger charge is 2.20. The van der Waals surface area contributed by atoms with Crippen LogP contribution in [0.5, 0.6) is 0 Å². The molecule has 0 bridgehead atoms. The maximum Gasteiger partial charge on any atom is 0.336 e. The maximum absolute atomic E-state index is 11.9. The second kappa shape index (κ2) is 6.36. The summed E-state index contributed by atoms with van der Waals surface area (Å²) in [5, 5.41) is 14.9. The zero-order valence-electron chi connectivity index (χ0n) is 15.4. The highest BCUT2D eigenvalue weighted by molar-refractivity contribution is 6.04. The molecule has 27 heavy (non-hydrogen) atoms. The second-order valence-corrected chi connectivity index (χ2v) is 6.76. The third-order valence-corrected chi connectivity index (χ3v) is 4.64. The zero-order valence-corrected chi connectivity index (χ0v) is 15.4. The van der Waals surface area contributed by atoms with Crippen LogP contribution in [0.15, 0.2) is 54.6 Å². The fraction of sp³-hybridized carbons (Fsp3) is 0.136. The Morgan fingerprint density at radius 2 is 1.70 bits per heavy atom. The van der Waals surface area contributed by atoms with Crippen molar-refractivity contribution in [3.63, 3.8) is 0 Å². The fourth-order valence-corrected chi connectivity index (χ4v) is 3.27. The molecule has 0 amide bonds. The molecule has 5 heteroatoms. The van der Waals surface area contributed by atoms with Crippen molar-refractivity contribution in [3.05, 3.63) is 77.0 Å². The van der Waals surface area contributed by atoms with E-state index in [-0.39, 0.29) is 5.56 Å². The predicted octanol–water partition coefficient (Wildman–Crippen LogP) is 4.71. The summed E-state index contributed by atoms with van der Waals surface area (Å²) in [6, 6.07) is 17.4. The molecule has 2 aromatic heterocycles. The normalized spacial score (nSPS) is 11.1. The van der Waals surface area contributed by atoms with E-state index in [1.54, 1.807) is 10.7 Å². The first-order chi connectivity index (χ1) is 12.9. The number of carbonyl (C=O) groups is 1. The Hall–Kier alpha value is -3.47. The molecule has 0 saturated heterocycles. The van der Waals surface area contributed by atoms with Gasteiger partial charge in [0.15, 0.2) is 5.65 Å². The van der Waals surface area contributed by atoms with E-state index in [0.29, 0.717) is 22.4 Å². The number of pyridine rings is 1. The number of carboxylic acids is 1. The molecule has 4 aromatic rings. The molecule has 0 aliphatic rings. The van der Waals surface area contributed by atoms with Gasteiger partial charge < -0.3 is 5.11 Å². The van der Waals surface area contributed by atoms with Crippen LogP contribution in [0.4, 0.5) is 0 Å². The lowest BCUT2D eigenvalue weighted by molar-refractivity contribution is 0.0699. The number of aromatic carboxylic acids is 1. The Kier molecular flexibility index (Phi) is 4.00. The molecule has 1 N–H and O–H groups in total. The lowest BCUT2D eigenvalue weighted by atomic mass is 10.0. The van der Waals surface area contributed by atoms with Crippen LogP contribution in [0.25, 0.3) is 28.0 Å². The number of benzene rings is 2. The number of nitrogens with zero attached hydrogens (tertiary/aromatic N) is 3. The minimum absolute atomic E-state index is 0.215. The quantitative estimate of drug-likeness (QED) is 0.576. The fourth-order valence-electron chi connectivity index (χ4n) is 3.27. The van der Waals surface area contributed by atoms with Crippen LogP contribution in [0.3, 0.4) is 0 Å². The predicted molar refractivity (Wildman–Crippen MR) is 105 cm³/mol. The van der Waals surface area contributed by atoms with E-state index >= 15 is 0 Å². The molecular weight excluding hydrogens is 338 g/mol.